The van der Waals surface area contributed by atoms with E-state index in [9.17, 15) is 10.0 Å². The van der Waals surface area contributed by atoms with Crippen LogP contribution < -0.4 is 0 Å². The summed E-state index contributed by atoms with van der Waals surface area (Å²) in [4.78, 5) is 15.5. The van der Waals surface area contributed by atoms with Gasteiger partial charge in [0.15, 0.2) is 5.84 Å². The average Bonchev–Trinajstić information content (AvgIpc) is 2.59. The highest BCUT2D eigenvalue weighted by atomic mass is 16.4. The minimum Gasteiger partial charge on any atom is -0.409 e. The van der Waals surface area contributed by atoms with Crippen LogP contribution in [0.25, 0.3) is 0 Å². The first kappa shape index (κ1) is 13.4. The molecule has 0 aromatic heterocycles. The molecular formula is C14H19N3O2. The summed E-state index contributed by atoms with van der Waals surface area (Å²) in [5.41, 5.74) is 0.387. The zero-order chi connectivity index (χ0) is 14.2. The molecule has 0 radical (unpaired) electrons. The Morgan fingerprint density at radius 2 is 1.84 bits per heavy atom. The van der Waals surface area contributed by atoms with Gasteiger partial charge in [-0.1, -0.05) is 35.5 Å². The molecular weight excluding hydrogens is 242 g/mol. The van der Waals surface area contributed by atoms with Crippen LogP contribution in [0.4, 0.5) is 4.79 Å². The standard InChI is InChI=1S/C14H19N3O2/c1-10(11-8-6-5-7-9-11)17-12(15-19)14(2,3)16(4)13(17)18/h5-10,19H,1-4H3/b15-12-. The normalized spacial score (nSPS) is 22.1. The number of hydrogen-bond acceptors (Lipinski definition) is 3. The number of carbonyl (C=O) groups excluding carboxylic acids is 1. The molecule has 19 heavy (non-hydrogen) atoms. The maximum atomic E-state index is 12.4. The lowest BCUT2D eigenvalue weighted by Crippen LogP contribution is -2.42. The average molecular weight is 261 g/mol. The Hall–Kier alpha value is -2.04. The zero-order valence-corrected chi connectivity index (χ0v) is 11.7. The molecule has 1 atom stereocenters. The van der Waals surface area contributed by atoms with Gasteiger partial charge >= 0.3 is 6.03 Å². The quantitative estimate of drug-likeness (QED) is 0.657. The lowest BCUT2D eigenvalue weighted by molar-refractivity contribution is 0.181. The monoisotopic (exact) mass is 261 g/mol. The Morgan fingerprint density at radius 3 is 2.37 bits per heavy atom. The van der Waals surface area contributed by atoms with Crippen LogP contribution in [0.1, 0.15) is 32.4 Å². The van der Waals surface area contributed by atoms with Crippen molar-refractivity contribution in [2.75, 3.05) is 7.05 Å². The second kappa shape index (κ2) is 4.57. The van der Waals surface area contributed by atoms with Crippen LogP contribution in [0.5, 0.6) is 0 Å². The minimum absolute atomic E-state index is 0.158. The summed E-state index contributed by atoms with van der Waals surface area (Å²) in [5.74, 6) is 0.372. The predicted molar refractivity (Wildman–Crippen MR) is 73.2 cm³/mol. The van der Waals surface area contributed by atoms with Crippen LogP contribution in [-0.4, -0.2) is 39.5 Å². The molecule has 1 saturated heterocycles. The van der Waals surface area contributed by atoms with Crippen LogP contribution in [0.15, 0.2) is 35.5 Å². The molecule has 1 aromatic rings. The molecule has 1 aliphatic rings. The van der Waals surface area contributed by atoms with Crippen LogP contribution in [0, 0.1) is 0 Å². The number of nitrogens with zero attached hydrogens (tertiary/aromatic N) is 3. The molecule has 0 aliphatic carbocycles. The van der Waals surface area contributed by atoms with Gasteiger partial charge in [-0.15, -0.1) is 0 Å². The molecule has 5 nitrogen and oxygen atoms in total. The lowest BCUT2D eigenvalue weighted by atomic mass is 10.0. The van der Waals surface area contributed by atoms with E-state index in [2.05, 4.69) is 5.16 Å². The third kappa shape index (κ3) is 1.95. The smallest absolute Gasteiger partial charge is 0.326 e. The molecule has 5 heteroatoms. The Bertz CT molecular complexity index is 511. The number of urea groups is 1. The van der Waals surface area contributed by atoms with Gasteiger partial charge < -0.3 is 10.1 Å². The second-order valence-electron chi connectivity index (χ2n) is 5.28. The highest BCUT2D eigenvalue weighted by molar-refractivity contribution is 6.09. The van der Waals surface area contributed by atoms with Gasteiger partial charge in [-0.3, -0.25) is 4.90 Å². The topological polar surface area (TPSA) is 56.1 Å². The fourth-order valence-corrected chi connectivity index (χ4v) is 2.34. The molecule has 1 N–H and O–H groups in total. The van der Waals surface area contributed by atoms with E-state index in [0.29, 0.717) is 5.84 Å². The fourth-order valence-electron chi connectivity index (χ4n) is 2.34. The third-order valence-corrected chi connectivity index (χ3v) is 3.87. The first-order valence-electron chi connectivity index (χ1n) is 6.25. The highest BCUT2D eigenvalue weighted by Crippen LogP contribution is 2.33. The number of oxime groups is 1. The molecule has 1 aliphatic heterocycles. The van der Waals surface area contributed by atoms with Crippen LogP contribution >= 0.6 is 0 Å². The Labute approximate surface area is 113 Å². The molecule has 1 aromatic carbocycles. The fraction of sp³-hybridized carbons (Fsp3) is 0.429. The number of hydrogen-bond donors (Lipinski definition) is 1. The third-order valence-electron chi connectivity index (χ3n) is 3.87. The van der Waals surface area contributed by atoms with Gasteiger partial charge in [-0.25, -0.2) is 4.79 Å². The zero-order valence-electron chi connectivity index (χ0n) is 11.7. The van der Waals surface area contributed by atoms with Crippen molar-refractivity contribution in [1.29, 1.82) is 0 Å². The largest absolute Gasteiger partial charge is 0.409 e. The van der Waals surface area contributed by atoms with Crippen molar-refractivity contribution in [3.8, 4) is 0 Å². The maximum absolute atomic E-state index is 12.4. The Kier molecular flexibility index (Phi) is 3.22. The number of amides is 2. The molecule has 2 rings (SSSR count). The number of carbonyl (C=O) groups is 1. The second-order valence-corrected chi connectivity index (χ2v) is 5.28. The van der Waals surface area contributed by atoms with Gasteiger partial charge in [-0.2, -0.15) is 0 Å². The van der Waals surface area contributed by atoms with Crippen molar-refractivity contribution in [1.82, 2.24) is 9.80 Å². The summed E-state index contributed by atoms with van der Waals surface area (Å²) in [6, 6.07) is 9.36. The first-order valence-corrected chi connectivity index (χ1v) is 6.25. The van der Waals surface area contributed by atoms with E-state index >= 15 is 0 Å². The molecule has 1 unspecified atom stereocenters. The number of likely N-dealkylation sites (N-methyl/N-ethyl adjacent to an activating group) is 1. The van der Waals surface area contributed by atoms with Gasteiger partial charge in [0, 0.05) is 7.05 Å². The highest BCUT2D eigenvalue weighted by Gasteiger charge is 2.49. The van der Waals surface area contributed by atoms with Crippen molar-refractivity contribution in [3.63, 3.8) is 0 Å². The van der Waals surface area contributed by atoms with E-state index in [1.807, 2.05) is 51.1 Å². The van der Waals surface area contributed by atoms with Crippen molar-refractivity contribution >= 4 is 11.9 Å². The van der Waals surface area contributed by atoms with Crippen LogP contribution in [-0.2, 0) is 0 Å². The van der Waals surface area contributed by atoms with Gasteiger partial charge in [-0.05, 0) is 26.3 Å². The lowest BCUT2D eigenvalue weighted by Gasteiger charge is -2.26. The van der Waals surface area contributed by atoms with Gasteiger partial charge in [0.05, 0.1) is 6.04 Å². The van der Waals surface area contributed by atoms with Crippen LogP contribution in [0.3, 0.4) is 0 Å². The Morgan fingerprint density at radius 1 is 1.26 bits per heavy atom. The molecule has 102 valence electrons. The predicted octanol–water partition coefficient (Wildman–Crippen LogP) is 2.68. The van der Waals surface area contributed by atoms with Crippen molar-refractivity contribution in [2.45, 2.75) is 32.4 Å². The minimum atomic E-state index is -0.616. The summed E-state index contributed by atoms with van der Waals surface area (Å²) in [7, 11) is 1.71. The molecule has 2 amide bonds. The van der Waals surface area contributed by atoms with E-state index in [4.69, 9.17) is 0 Å². The molecule has 0 spiro atoms. The van der Waals surface area contributed by atoms with E-state index in [1.165, 1.54) is 4.90 Å². The van der Waals surface area contributed by atoms with Crippen LogP contribution in [0.2, 0.25) is 0 Å². The van der Waals surface area contributed by atoms with Gasteiger partial charge in [0.2, 0.25) is 0 Å². The van der Waals surface area contributed by atoms with Gasteiger partial charge in [0.1, 0.15) is 5.54 Å². The van der Waals surface area contributed by atoms with E-state index < -0.39 is 5.54 Å². The number of rotatable bonds is 2. The summed E-state index contributed by atoms with van der Waals surface area (Å²) >= 11 is 0. The number of amidine groups is 1. The van der Waals surface area contributed by atoms with Crippen molar-refractivity contribution in [2.24, 2.45) is 5.16 Å². The Balaban J connectivity index is 2.42. The summed E-state index contributed by atoms with van der Waals surface area (Å²) < 4.78 is 0. The molecule has 1 fully saturated rings. The molecule has 1 heterocycles. The first-order chi connectivity index (χ1) is 8.91. The SMILES string of the molecule is CC(c1ccccc1)N1C(=O)N(C)C(C)(C)/C1=N/O. The van der Waals surface area contributed by atoms with Gasteiger partial charge in [0.25, 0.3) is 0 Å². The summed E-state index contributed by atoms with van der Waals surface area (Å²) in [5, 5.41) is 12.6. The maximum Gasteiger partial charge on any atom is 0.326 e. The van der Waals surface area contributed by atoms with Crippen molar-refractivity contribution in [3.05, 3.63) is 35.9 Å². The van der Waals surface area contributed by atoms with E-state index in [1.54, 1.807) is 11.9 Å². The number of benzene rings is 1. The van der Waals surface area contributed by atoms with E-state index in [-0.39, 0.29) is 12.1 Å². The summed E-state index contributed by atoms with van der Waals surface area (Å²) in [6.45, 7) is 5.64. The summed E-state index contributed by atoms with van der Waals surface area (Å²) in [6.07, 6.45) is 0. The molecule has 0 saturated carbocycles. The van der Waals surface area contributed by atoms with E-state index in [0.717, 1.165) is 5.56 Å². The molecule has 0 bridgehead atoms. The van der Waals surface area contributed by atoms with Crippen molar-refractivity contribution < 1.29 is 10.0 Å².